The first-order valence-electron chi connectivity index (χ1n) is 12.2. The fourth-order valence-electron chi connectivity index (χ4n) is 5.09. The molecule has 2 aliphatic heterocycles. The van der Waals surface area contributed by atoms with Gasteiger partial charge >= 0.3 is 0 Å². The number of nitrogens with zero attached hydrogens (tertiary/aromatic N) is 4. The Morgan fingerprint density at radius 3 is 2.83 bits per heavy atom. The number of nitrogens with one attached hydrogen (secondary N) is 2. The SMILES string of the molecule is Cc1cccc(-c2[nH]cnc2-c2ccc3ncc(C4=CCN(C(=O)[C@@H]5CCCN5)CC4)cc3c2)n1. The molecule has 3 aromatic heterocycles. The lowest BCUT2D eigenvalue weighted by Gasteiger charge is -2.29. The number of aromatic amines is 1. The first-order valence-corrected chi connectivity index (χ1v) is 12.2. The molecule has 1 atom stereocenters. The Morgan fingerprint density at radius 1 is 1.11 bits per heavy atom. The number of pyridine rings is 2. The van der Waals surface area contributed by atoms with Gasteiger partial charge in [0.1, 0.15) is 0 Å². The molecule has 1 saturated heterocycles. The third kappa shape index (κ3) is 4.23. The highest BCUT2D eigenvalue weighted by Gasteiger charge is 2.27. The van der Waals surface area contributed by atoms with Crippen LogP contribution in [-0.2, 0) is 4.79 Å². The van der Waals surface area contributed by atoms with Crippen molar-refractivity contribution < 1.29 is 4.79 Å². The maximum Gasteiger partial charge on any atom is 0.239 e. The summed E-state index contributed by atoms with van der Waals surface area (Å²) in [7, 11) is 0. The summed E-state index contributed by atoms with van der Waals surface area (Å²) >= 11 is 0. The van der Waals surface area contributed by atoms with Gasteiger partial charge in [-0.05, 0) is 74.2 Å². The summed E-state index contributed by atoms with van der Waals surface area (Å²) in [5.74, 6) is 0.233. The predicted molar refractivity (Wildman–Crippen MR) is 137 cm³/mol. The van der Waals surface area contributed by atoms with Gasteiger partial charge in [-0.1, -0.05) is 18.2 Å². The van der Waals surface area contributed by atoms with Crippen LogP contribution in [0.1, 0.15) is 30.5 Å². The number of aromatic nitrogens is 4. The molecule has 4 aromatic rings. The molecule has 2 N–H and O–H groups in total. The van der Waals surface area contributed by atoms with Gasteiger partial charge in [-0.3, -0.25) is 14.8 Å². The first-order chi connectivity index (χ1) is 17.2. The molecule has 0 unspecified atom stereocenters. The Labute approximate surface area is 204 Å². The van der Waals surface area contributed by atoms with Crippen LogP contribution < -0.4 is 5.32 Å². The summed E-state index contributed by atoms with van der Waals surface area (Å²) in [4.78, 5) is 31.9. The number of carbonyl (C=O) groups excluding carboxylic acids is 1. The van der Waals surface area contributed by atoms with Gasteiger partial charge in [0.05, 0.1) is 35.0 Å². The Bertz CT molecular complexity index is 1430. The molecule has 2 aliphatic rings. The van der Waals surface area contributed by atoms with E-state index in [0.717, 1.165) is 77.2 Å². The Hall–Kier alpha value is -3.84. The predicted octanol–water partition coefficient (Wildman–Crippen LogP) is 4.36. The highest BCUT2D eigenvalue weighted by atomic mass is 16.2. The summed E-state index contributed by atoms with van der Waals surface area (Å²) in [5, 5.41) is 4.39. The summed E-state index contributed by atoms with van der Waals surface area (Å²) in [6, 6.07) is 14.4. The monoisotopic (exact) mass is 464 g/mol. The van der Waals surface area contributed by atoms with Crippen molar-refractivity contribution in [3.63, 3.8) is 0 Å². The van der Waals surface area contributed by atoms with Crippen molar-refractivity contribution in [1.29, 1.82) is 0 Å². The lowest BCUT2D eigenvalue weighted by molar-refractivity contribution is -0.132. The van der Waals surface area contributed by atoms with E-state index in [9.17, 15) is 4.79 Å². The van der Waals surface area contributed by atoms with Gasteiger partial charge in [0.15, 0.2) is 0 Å². The van der Waals surface area contributed by atoms with Gasteiger partial charge in [0.2, 0.25) is 5.91 Å². The standard InChI is InChI=1S/C28H28N6O/c1-18-4-2-5-24(33-18)27-26(31-17-32-27)20-7-8-23-21(14-20)15-22(16-30-23)19-9-12-34(13-10-19)28(35)25-6-3-11-29-25/h2,4-5,7-9,14-17,25,29H,3,6,10-13H2,1H3,(H,31,32)/t25-/m0/s1. The smallest absolute Gasteiger partial charge is 0.239 e. The van der Waals surface area contributed by atoms with E-state index in [0.29, 0.717) is 6.54 Å². The fraction of sp³-hybridized carbons (Fsp3) is 0.286. The molecular formula is C28H28N6O. The van der Waals surface area contributed by atoms with Crippen molar-refractivity contribution in [2.45, 2.75) is 32.2 Å². The number of amides is 1. The second-order valence-corrected chi connectivity index (χ2v) is 9.33. The van der Waals surface area contributed by atoms with Crippen LogP contribution in [0.4, 0.5) is 0 Å². The summed E-state index contributed by atoms with van der Waals surface area (Å²) in [6.07, 6.45) is 8.71. The zero-order valence-corrected chi connectivity index (χ0v) is 19.8. The van der Waals surface area contributed by atoms with E-state index < -0.39 is 0 Å². The number of carbonyl (C=O) groups is 1. The van der Waals surface area contributed by atoms with E-state index in [4.69, 9.17) is 4.98 Å². The number of aryl methyl sites for hydroxylation is 1. The van der Waals surface area contributed by atoms with Gasteiger partial charge < -0.3 is 15.2 Å². The van der Waals surface area contributed by atoms with Crippen molar-refractivity contribution in [2.75, 3.05) is 19.6 Å². The number of benzene rings is 1. The van der Waals surface area contributed by atoms with E-state index in [1.54, 1.807) is 6.33 Å². The number of imidazole rings is 1. The average molecular weight is 465 g/mol. The van der Waals surface area contributed by atoms with E-state index in [1.165, 1.54) is 5.57 Å². The molecule has 0 bridgehead atoms. The summed E-state index contributed by atoms with van der Waals surface area (Å²) < 4.78 is 0. The lowest BCUT2D eigenvalue weighted by Crippen LogP contribution is -2.45. The minimum Gasteiger partial charge on any atom is -0.343 e. The largest absolute Gasteiger partial charge is 0.343 e. The molecule has 0 radical (unpaired) electrons. The van der Waals surface area contributed by atoms with Crippen LogP contribution in [0, 0.1) is 6.92 Å². The third-order valence-corrected chi connectivity index (χ3v) is 6.99. The molecule has 7 heteroatoms. The van der Waals surface area contributed by atoms with Gasteiger partial charge in [0, 0.05) is 35.9 Å². The van der Waals surface area contributed by atoms with Crippen LogP contribution in [-0.4, -0.2) is 56.4 Å². The maximum atomic E-state index is 12.7. The normalized spacial score (nSPS) is 18.1. The highest BCUT2D eigenvalue weighted by molar-refractivity contribution is 5.89. The molecule has 1 aromatic carbocycles. The van der Waals surface area contributed by atoms with Crippen molar-refractivity contribution in [2.24, 2.45) is 0 Å². The number of fused-ring (bicyclic) bond motifs is 1. The van der Waals surface area contributed by atoms with Crippen LogP contribution in [0.3, 0.4) is 0 Å². The molecule has 0 saturated carbocycles. The van der Waals surface area contributed by atoms with Gasteiger partial charge in [-0.25, -0.2) is 4.98 Å². The molecule has 35 heavy (non-hydrogen) atoms. The third-order valence-electron chi connectivity index (χ3n) is 6.99. The van der Waals surface area contributed by atoms with E-state index in [2.05, 4.69) is 44.5 Å². The molecular weight excluding hydrogens is 436 g/mol. The molecule has 0 spiro atoms. The van der Waals surface area contributed by atoms with Crippen LogP contribution in [0.25, 0.3) is 39.1 Å². The van der Waals surface area contributed by atoms with E-state index in [1.807, 2.05) is 42.3 Å². The van der Waals surface area contributed by atoms with Crippen molar-refractivity contribution in [3.05, 3.63) is 72.3 Å². The highest BCUT2D eigenvalue weighted by Crippen LogP contribution is 2.31. The van der Waals surface area contributed by atoms with Gasteiger partial charge in [0.25, 0.3) is 0 Å². The van der Waals surface area contributed by atoms with Crippen LogP contribution >= 0.6 is 0 Å². The molecule has 176 valence electrons. The number of hydrogen-bond acceptors (Lipinski definition) is 5. The Morgan fingerprint density at radius 2 is 2.03 bits per heavy atom. The van der Waals surface area contributed by atoms with Gasteiger partial charge in [-0.2, -0.15) is 0 Å². The molecule has 7 nitrogen and oxygen atoms in total. The second kappa shape index (κ2) is 9.07. The Kier molecular flexibility index (Phi) is 5.62. The molecule has 0 aliphatic carbocycles. The number of hydrogen-bond donors (Lipinski definition) is 2. The quantitative estimate of drug-likeness (QED) is 0.469. The molecule has 5 heterocycles. The maximum absolute atomic E-state index is 12.7. The van der Waals surface area contributed by atoms with Crippen LogP contribution in [0.15, 0.2) is 61.1 Å². The zero-order chi connectivity index (χ0) is 23.8. The first kappa shape index (κ1) is 21.7. The molecule has 1 fully saturated rings. The fourth-order valence-corrected chi connectivity index (χ4v) is 5.09. The minimum absolute atomic E-state index is 0.00682. The van der Waals surface area contributed by atoms with Gasteiger partial charge in [-0.15, -0.1) is 0 Å². The molecule has 1 amide bonds. The van der Waals surface area contributed by atoms with Crippen molar-refractivity contribution in [1.82, 2.24) is 30.2 Å². The van der Waals surface area contributed by atoms with Crippen LogP contribution in [0.2, 0.25) is 0 Å². The summed E-state index contributed by atoms with van der Waals surface area (Å²) in [6.45, 7) is 4.34. The minimum atomic E-state index is -0.00682. The zero-order valence-electron chi connectivity index (χ0n) is 19.8. The number of rotatable bonds is 4. The topological polar surface area (TPSA) is 86.8 Å². The molecule has 6 rings (SSSR count). The van der Waals surface area contributed by atoms with Crippen molar-refractivity contribution >= 4 is 22.4 Å². The summed E-state index contributed by atoms with van der Waals surface area (Å²) in [5.41, 5.74) is 7.97. The van der Waals surface area contributed by atoms with E-state index in [-0.39, 0.29) is 11.9 Å². The van der Waals surface area contributed by atoms with Crippen molar-refractivity contribution in [3.8, 4) is 22.6 Å². The van der Waals surface area contributed by atoms with Crippen LogP contribution in [0.5, 0.6) is 0 Å². The second-order valence-electron chi connectivity index (χ2n) is 9.33. The lowest BCUT2D eigenvalue weighted by atomic mass is 9.98. The Balaban J connectivity index is 1.27. The van der Waals surface area contributed by atoms with E-state index >= 15 is 0 Å². The average Bonchev–Trinajstić information content (AvgIpc) is 3.61. The number of H-pyrrole nitrogens is 1.